The summed E-state index contributed by atoms with van der Waals surface area (Å²) in [7, 11) is 0. The van der Waals surface area contributed by atoms with E-state index in [4.69, 9.17) is 4.42 Å². The number of aromatic nitrogens is 1. The predicted octanol–water partition coefficient (Wildman–Crippen LogP) is 18.9. The van der Waals surface area contributed by atoms with Crippen LogP contribution in [0.2, 0.25) is 0 Å². The molecule has 3 heteroatoms. The number of furan rings is 1. The monoisotopic (exact) mass is 978 g/mol. The van der Waals surface area contributed by atoms with Gasteiger partial charge in [-0.05, 0) is 133 Å². The maximum atomic E-state index is 6.27. The van der Waals surface area contributed by atoms with Gasteiger partial charge in [0.15, 0.2) is 0 Å². The smallest absolute Gasteiger partial charge is 0.135 e. The van der Waals surface area contributed by atoms with Crippen molar-refractivity contribution in [2.75, 3.05) is 4.90 Å². The molecule has 0 saturated heterocycles. The summed E-state index contributed by atoms with van der Waals surface area (Å²) in [5.74, 6) is 0. The van der Waals surface area contributed by atoms with Crippen molar-refractivity contribution in [3.63, 3.8) is 0 Å². The molecule has 358 valence electrons. The van der Waals surface area contributed by atoms with Crippen LogP contribution in [0.1, 0.15) is 44.5 Å². The Morgan fingerprint density at radius 2 is 0.896 bits per heavy atom. The molecule has 77 heavy (non-hydrogen) atoms. The van der Waals surface area contributed by atoms with Crippen molar-refractivity contribution in [3.05, 3.63) is 324 Å². The van der Waals surface area contributed by atoms with Gasteiger partial charge in [-0.3, -0.25) is 0 Å². The fourth-order valence-electron chi connectivity index (χ4n) is 14.5. The molecule has 2 aliphatic carbocycles. The fourth-order valence-corrected chi connectivity index (χ4v) is 14.5. The zero-order chi connectivity index (χ0) is 50.4. The summed E-state index contributed by atoms with van der Waals surface area (Å²) in [4.78, 5) is 2.53. The molecular formula is C74H46N2O. The molecule has 0 saturated carbocycles. The second-order valence-electron chi connectivity index (χ2n) is 21.0. The first kappa shape index (κ1) is 42.4. The molecule has 0 fully saturated rings. The molecule has 0 bridgehead atoms. The second-order valence-corrected chi connectivity index (χ2v) is 21.0. The summed E-state index contributed by atoms with van der Waals surface area (Å²) < 4.78 is 8.79. The first-order chi connectivity index (χ1) is 38.2. The number of hydrogen-bond donors (Lipinski definition) is 0. The Morgan fingerprint density at radius 3 is 1.70 bits per heavy atom. The molecule has 1 spiro atoms. The Morgan fingerprint density at radius 1 is 0.325 bits per heavy atom. The van der Waals surface area contributed by atoms with E-state index in [1.165, 1.54) is 94.3 Å². The Kier molecular flexibility index (Phi) is 8.69. The van der Waals surface area contributed by atoms with Gasteiger partial charge < -0.3 is 13.9 Å². The van der Waals surface area contributed by atoms with Gasteiger partial charge in [-0.25, -0.2) is 0 Å². The van der Waals surface area contributed by atoms with Crippen LogP contribution in [0.3, 0.4) is 0 Å². The van der Waals surface area contributed by atoms with E-state index in [1.807, 2.05) is 12.1 Å². The molecule has 0 amide bonds. The van der Waals surface area contributed by atoms with Crippen LogP contribution in [-0.2, 0) is 10.8 Å². The Bertz CT molecular complexity index is 4710. The minimum absolute atomic E-state index is 0.559. The second kappa shape index (κ2) is 15.8. The van der Waals surface area contributed by atoms with Crippen LogP contribution in [0, 0.1) is 0 Å². The van der Waals surface area contributed by atoms with Crippen molar-refractivity contribution < 1.29 is 4.42 Å². The predicted molar refractivity (Wildman–Crippen MR) is 316 cm³/mol. The standard InChI is InChI=1S/C74H46N2O/c1-3-19-49(20-4-1)73(50-21-5-2-6-22-50)61-29-12-8-26-57(61)71-64(73)31-18-35-68(71)75(51-40-37-47(38-41-51)48-39-44-70-59(45-48)55-25-10-16-36-69(55)77-70)52-42-43-62-58(46-52)53-23-7-11-28-60(53)74(62)63-30-13-15-34-67(63)76-66-33-14-9-24-54(66)56-27-17-32-65(74)72(56)76/h1-46H. The fraction of sp³-hybridized carbons (Fsp3) is 0.0270. The normalized spacial score (nSPS) is 15.2. The summed E-state index contributed by atoms with van der Waals surface area (Å²) in [6.45, 7) is 0. The highest BCUT2D eigenvalue weighted by Crippen LogP contribution is 2.63. The van der Waals surface area contributed by atoms with E-state index in [-0.39, 0.29) is 0 Å². The molecular weight excluding hydrogens is 933 g/mol. The highest BCUT2D eigenvalue weighted by Gasteiger charge is 2.52. The minimum atomic E-state index is -0.559. The number of rotatable bonds is 6. The number of benzene rings is 12. The molecule has 0 N–H and O–H groups in total. The molecule has 14 aromatic rings. The maximum Gasteiger partial charge on any atom is 0.135 e. The van der Waals surface area contributed by atoms with Crippen LogP contribution in [0.25, 0.3) is 82.8 Å². The van der Waals surface area contributed by atoms with Crippen LogP contribution in [0.5, 0.6) is 0 Å². The van der Waals surface area contributed by atoms with Crippen LogP contribution in [0.4, 0.5) is 17.1 Å². The number of anilines is 3. The van der Waals surface area contributed by atoms with Crippen molar-refractivity contribution in [2.24, 2.45) is 0 Å². The summed E-state index contributed by atoms with van der Waals surface area (Å²) in [5, 5.41) is 4.80. The van der Waals surface area contributed by atoms with E-state index < -0.39 is 10.8 Å². The third-order valence-corrected chi connectivity index (χ3v) is 17.5. The minimum Gasteiger partial charge on any atom is -0.456 e. The van der Waals surface area contributed by atoms with Gasteiger partial charge in [0, 0.05) is 38.5 Å². The molecule has 3 heterocycles. The Balaban J connectivity index is 0.922. The molecule has 12 aromatic carbocycles. The SMILES string of the molecule is c1ccc(C2(c3ccccc3)c3ccccc3-c3c(N(c4ccc(-c5ccc6oc7ccccc7c6c5)cc4)c4ccc5c(c4)-c4ccccc4C54c5ccccc5-n5c6ccccc6c6cccc4c65)cccc32)cc1. The van der Waals surface area contributed by atoms with Crippen molar-refractivity contribution in [1.82, 2.24) is 4.57 Å². The van der Waals surface area contributed by atoms with E-state index >= 15 is 0 Å². The average Bonchev–Trinajstić information content (AvgIpc) is 4.40. The first-order valence-electron chi connectivity index (χ1n) is 26.7. The van der Waals surface area contributed by atoms with Crippen LogP contribution in [-0.4, -0.2) is 4.57 Å². The zero-order valence-electron chi connectivity index (χ0n) is 41.9. The first-order valence-corrected chi connectivity index (χ1v) is 26.7. The third kappa shape index (κ3) is 5.54. The average molecular weight is 979 g/mol. The summed E-state index contributed by atoms with van der Waals surface area (Å²) in [5.41, 5.74) is 25.2. The summed E-state index contributed by atoms with van der Waals surface area (Å²) >= 11 is 0. The maximum absolute atomic E-state index is 6.27. The van der Waals surface area contributed by atoms with Crippen molar-refractivity contribution in [3.8, 4) is 39.1 Å². The zero-order valence-corrected chi connectivity index (χ0v) is 41.9. The van der Waals surface area contributed by atoms with E-state index in [0.29, 0.717) is 0 Å². The topological polar surface area (TPSA) is 21.3 Å². The third-order valence-electron chi connectivity index (χ3n) is 17.5. The van der Waals surface area contributed by atoms with Crippen molar-refractivity contribution >= 4 is 60.8 Å². The van der Waals surface area contributed by atoms with Gasteiger partial charge in [-0.2, -0.15) is 0 Å². The number of hydrogen-bond acceptors (Lipinski definition) is 2. The Labute approximate surface area is 445 Å². The molecule has 1 unspecified atom stereocenters. The summed E-state index contributed by atoms with van der Waals surface area (Å²) in [6, 6.07) is 104. The van der Waals surface area contributed by atoms with Crippen molar-refractivity contribution in [2.45, 2.75) is 10.8 Å². The molecule has 3 aliphatic rings. The molecule has 1 aliphatic heterocycles. The molecule has 2 aromatic heterocycles. The molecule has 1 atom stereocenters. The lowest BCUT2D eigenvalue weighted by atomic mass is 9.65. The summed E-state index contributed by atoms with van der Waals surface area (Å²) in [6.07, 6.45) is 0. The van der Waals surface area contributed by atoms with E-state index in [1.54, 1.807) is 0 Å². The van der Waals surface area contributed by atoms with Crippen LogP contribution < -0.4 is 4.90 Å². The lowest BCUT2D eigenvalue weighted by Crippen LogP contribution is -2.33. The Hall–Kier alpha value is -9.96. The number of para-hydroxylation sites is 4. The lowest BCUT2D eigenvalue weighted by Gasteiger charge is -2.39. The highest BCUT2D eigenvalue weighted by atomic mass is 16.3. The van der Waals surface area contributed by atoms with Gasteiger partial charge >= 0.3 is 0 Å². The largest absolute Gasteiger partial charge is 0.456 e. The molecule has 0 radical (unpaired) electrons. The van der Waals surface area contributed by atoms with Crippen LogP contribution >= 0.6 is 0 Å². The van der Waals surface area contributed by atoms with E-state index in [9.17, 15) is 0 Å². The number of nitrogens with zero attached hydrogens (tertiary/aromatic N) is 2. The molecule has 17 rings (SSSR count). The lowest BCUT2D eigenvalue weighted by molar-refractivity contribution is 0.669. The highest BCUT2D eigenvalue weighted by molar-refractivity contribution is 6.13. The van der Waals surface area contributed by atoms with Gasteiger partial charge in [0.05, 0.1) is 33.2 Å². The van der Waals surface area contributed by atoms with Gasteiger partial charge in [0.2, 0.25) is 0 Å². The van der Waals surface area contributed by atoms with Crippen molar-refractivity contribution in [1.29, 1.82) is 0 Å². The molecule has 3 nitrogen and oxygen atoms in total. The van der Waals surface area contributed by atoms with Gasteiger partial charge in [-0.15, -0.1) is 0 Å². The number of fused-ring (bicyclic) bond motifs is 18. The van der Waals surface area contributed by atoms with E-state index in [2.05, 4.69) is 276 Å². The van der Waals surface area contributed by atoms with Gasteiger partial charge in [-0.1, -0.05) is 218 Å². The van der Waals surface area contributed by atoms with Gasteiger partial charge in [0.25, 0.3) is 0 Å². The van der Waals surface area contributed by atoms with E-state index in [0.717, 1.165) is 50.1 Å². The quantitative estimate of drug-likeness (QED) is 0.166. The van der Waals surface area contributed by atoms with Gasteiger partial charge in [0.1, 0.15) is 11.2 Å². The van der Waals surface area contributed by atoms with Crippen LogP contribution in [0.15, 0.2) is 283 Å².